The molecule has 0 aliphatic rings. The fourth-order valence-electron chi connectivity index (χ4n) is 1.30. The Kier molecular flexibility index (Phi) is 3.29. The summed E-state index contributed by atoms with van der Waals surface area (Å²) >= 11 is 0. The van der Waals surface area contributed by atoms with Crippen LogP contribution in [0.3, 0.4) is 0 Å². The quantitative estimate of drug-likeness (QED) is 0.723. The van der Waals surface area contributed by atoms with Gasteiger partial charge in [-0.25, -0.2) is 0 Å². The number of rotatable bonds is 3. The lowest BCUT2D eigenvalue weighted by Crippen LogP contribution is -2.06. The lowest BCUT2D eigenvalue weighted by Gasteiger charge is -2.05. The van der Waals surface area contributed by atoms with Crippen LogP contribution in [0, 0.1) is 13.8 Å². The molecule has 0 atom stereocenters. The summed E-state index contributed by atoms with van der Waals surface area (Å²) in [6.07, 6.45) is 0. The predicted octanol–water partition coefficient (Wildman–Crippen LogP) is 2.03. The first-order chi connectivity index (χ1) is 6.45. The summed E-state index contributed by atoms with van der Waals surface area (Å²) in [5.74, 6) is 0. The molecule has 0 saturated heterocycles. The molecule has 0 N–H and O–H groups in total. The van der Waals surface area contributed by atoms with E-state index in [1.165, 1.54) is 0 Å². The Labute approximate surface area is 84.8 Å². The molecule has 0 aromatic heterocycles. The van der Waals surface area contributed by atoms with Crippen molar-refractivity contribution in [2.75, 3.05) is 6.61 Å². The summed E-state index contributed by atoms with van der Waals surface area (Å²) in [6.45, 7) is 5.53. The van der Waals surface area contributed by atoms with Crippen LogP contribution in [0.25, 0.3) is 0 Å². The van der Waals surface area contributed by atoms with Crippen LogP contribution in [-0.2, 0) is 14.3 Å². The monoisotopic (exact) mass is 214 g/mol. The van der Waals surface area contributed by atoms with Gasteiger partial charge in [0.15, 0.2) is 0 Å². The molecule has 3 nitrogen and oxygen atoms in total. The van der Waals surface area contributed by atoms with Crippen molar-refractivity contribution in [1.82, 2.24) is 0 Å². The van der Waals surface area contributed by atoms with Gasteiger partial charge in [0, 0.05) is 0 Å². The zero-order valence-electron chi connectivity index (χ0n) is 8.57. The van der Waals surface area contributed by atoms with E-state index < -0.39 is 10.1 Å². The molecule has 0 radical (unpaired) electrons. The third kappa shape index (κ3) is 2.56. The Hall–Kier alpha value is -0.870. The highest BCUT2D eigenvalue weighted by Gasteiger charge is 2.14. The molecule has 0 unspecified atom stereocenters. The van der Waals surface area contributed by atoms with Crippen molar-refractivity contribution in [2.24, 2.45) is 0 Å². The average molecular weight is 214 g/mol. The molecule has 0 aliphatic heterocycles. The second-order valence-corrected chi connectivity index (χ2v) is 4.80. The van der Waals surface area contributed by atoms with Gasteiger partial charge < -0.3 is 0 Å². The lowest BCUT2D eigenvalue weighted by molar-refractivity contribution is 0.338. The van der Waals surface area contributed by atoms with E-state index in [0.29, 0.717) is 0 Å². The van der Waals surface area contributed by atoms with E-state index in [9.17, 15) is 8.42 Å². The molecule has 0 heterocycles. The van der Waals surface area contributed by atoms with Crippen LogP contribution in [0.1, 0.15) is 18.1 Å². The van der Waals surface area contributed by atoms with Gasteiger partial charge in [-0.3, -0.25) is 4.18 Å². The van der Waals surface area contributed by atoms with Crippen molar-refractivity contribution in [3.05, 3.63) is 29.3 Å². The van der Waals surface area contributed by atoms with Crippen molar-refractivity contribution in [3.8, 4) is 0 Å². The minimum absolute atomic E-state index is 0.162. The Morgan fingerprint density at radius 3 is 2.07 bits per heavy atom. The van der Waals surface area contributed by atoms with Crippen LogP contribution in [0.5, 0.6) is 0 Å². The van der Waals surface area contributed by atoms with Crippen LogP contribution in [0.2, 0.25) is 0 Å². The Morgan fingerprint density at radius 1 is 1.14 bits per heavy atom. The Bertz CT molecular complexity index is 401. The molecule has 1 aromatic carbocycles. The fourth-order valence-corrected chi connectivity index (χ4v) is 2.41. The van der Waals surface area contributed by atoms with Gasteiger partial charge in [-0.15, -0.1) is 0 Å². The third-order valence-electron chi connectivity index (χ3n) is 1.76. The molecule has 0 amide bonds. The van der Waals surface area contributed by atoms with Crippen LogP contribution in [0.15, 0.2) is 23.1 Å². The SMILES string of the molecule is CCOS(=O)(=O)c1cc(C)cc(C)c1. The van der Waals surface area contributed by atoms with E-state index in [-0.39, 0.29) is 11.5 Å². The maximum absolute atomic E-state index is 11.5. The molecule has 0 bridgehead atoms. The Balaban J connectivity index is 3.19. The molecule has 1 rings (SSSR count). The van der Waals surface area contributed by atoms with Gasteiger partial charge in [0.1, 0.15) is 0 Å². The minimum Gasteiger partial charge on any atom is -0.267 e. The summed E-state index contributed by atoms with van der Waals surface area (Å²) in [7, 11) is -3.56. The van der Waals surface area contributed by atoms with E-state index >= 15 is 0 Å². The van der Waals surface area contributed by atoms with Gasteiger partial charge in [0.2, 0.25) is 0 Å². The van der Waals surface area contributed by atoms with E-state index in [0.717, 1.165) is 11.1 Å². The third-order valence-corrected chi connectivity index (χ3v) is 3.12. The van der Waals surface area contributed by atoms with Gasteiger partial charge in [-0.05, 0) is 44.0 Å². The summed E-state index contributed by atoms with van der Waals surface area (Å²) in [5, 5.41) is 0. The lowest BCUT2D eigenvalue weighted by atomic mass is 10.2. The van der Waals surface area contributed by atoms with Crippen LogP contribution >= 0.6 is 0 Å². The molecule has 0 fully saturated rings. The molecular weight excluding hydrogens is 200 g/mol. The van der Waals surface area contributed by atoms with Crippen LogP contribution < -0.4 is 0 Å². The van der Waals surface area contributed by atoms with Crippen molar-refractivity contribution in [1.29, 1.82) is 0 Å². The maximum Gasteiger partial charge on any atom is 0.296 e. The van der Waals surface area contributed by atoms with Crippen LogP contribution in [-0.4, -0.2) is 15.0 Å². The second kappa shape index (κ2) is 4.11. The predicted molar refractivity (Wildman–Crippen MR) is 54.7 cm³/mol. The number of aryl methyl sites for hydroxylation is 2. The highest BCUT2D eigenvalue weighted by molar-refractivity contribution is 7.86. The molecule has 4 heteroatoms. The van der Waals surface area contributed by atoms with Crippen molar-refractivity contribution in [2.45, 2.75) is 25.7 Å². The molecule has 1 aromatic rings. The second-order valence-electron chi connectivity index (χ2n) is 3.18. The first-order valence-corrected chi connectivity index (χ1v) is 5.84. The van der Waals surface area contributed by atoms with E-state index in [2.05, 4.69) is 0 Å². The van der Waals surface area contributed by atoms with E-state index in [1.54, 1.807) is 19.1 Å². The average Bonchev–Trinajstić information content (AvgIpc) is 2.02. The van der Waals surface area contributed by atoms with Gasteiger partial charge >= 0.3 is 0 Å². The number of benzene rings is 1. The van der Waals surface area contributed by atoms with Gasteiger partial charge in [0.05, 0.1) is 11.5 Å². The molecule has 0 spiro atoms. The molecule has 0 aliphatic carbocycles. The first-order valence-electron chi connectivity index (χ1n) is 4.43. The summed E-state index contributed by atoms with van der Waals surface area (Å²) in [5.41, 5.74) is 1.84. The van der Waals surface area contributed by atoms with Gasteiger partial charge in [-0.2, -0.15) is 8.42 Å². The maximum atomic E-state index is 11.5. The number of hydrogen-bond acceptors (Lipinski definition) is 3. The Morgan fingerprint density at radius 2 is 1.64 bits per heavy atom. The summed E-state index contributed by atoms with van der Waals surface area (Å²) in [6, 6.07) is 5.14. The standard InChI is InChI=1S/C10H14O3S/c1-4-13-14(11,12)10-6-8(2)5-9(3)7-10/h5-7H,4H2,1-3H3. The number of hydrogen-bond donors (Lipinski definition) is 0. The smallest absolute Gasteiger partial charge is 0.267 e. The summed E-state index contributed by atoms with van der Waals surface area (Å²) in [4.78, 5) is 0.233. The topological polar surface area (TPSA) is 43.4 Å². The molecule has 0 saturated carbocycles. The van der Waals surface area contributed by atoms with E-state index in [1.807, 2.05) is 19.9 Å². The summed E-state index contributed by atoms with van der Waals surface area (Å²) < 4.78 is 27.7. The first kappa shape index (κ1) is 11.2. The van der Waals surface area contributed by atoms with Gasteiger partial charge in [0.25, 0.3) is 10.1 Å². The molecule has 14 heavy (non-hydrogen) atoms. The fraction of sp³-hybridized carbons (Fsp3) is 0.400. The van der Waals surface area contributed by atoms with Gasteiger partial charge in [-0.1, -0.05) is 6.07 Å². The highest BCUT2D eigenvalue weighted by Crippen LogP contribution is 2.16. The van der Waals surface area contributed by atoms with Crippen molar-refractivity contribution in [3.63, 3.8) is 0 Å². The zero-order valence-corrected chi connectivity index (χ0v) is 9.39. The largest absolute Gasteiger partial charge is 0.296 e. The molecule has 78 valence electrons. The normalized spacial score (nSPS) is 11.6. The zero-order chi connectivity index (χ0) is 10.8. The minimum atomic E-state index is -3.56. The highest BCUT2D eigenvalue weighted by atomic mass is 32.2. The van der Waals surface area contributed by atoms with Crippen molar-refractivity contribution >= 4 is 10.1 Å². The molecular formula is C10H14O3S. The van der Waals surface area contributed by atoms with E-state index in [4.69, 9.17) is 4.18 Å². The van der Waals surface area contributed by atoms with Crippen molar-refractivity contribution < 1.29 is 12.6 Å². The van der Waals surface area contributed by atoms with Crippen LogP contribution in [0.4, 0.5) is 0 Å².